The molecule has 1 amide bonds. The van der Waals surface area contributed by atoms with Crippen LogP contribution in [0.5, 0.6) is 0 Å². The third-order valence-electron chi connectivity index (χ3n) is 5.08. The van der Waals surface area contributed by atoms with Gasteiger partial charge in [0.25, 0.3) is 0 Å². The molecule has 118 valence electrons. The topological polar surface area (TPSA) is 57.6 Å². The number of fused-ring (bicyclic) bond motifs is 1. The molecule has 0 spiro atoms. The Hall–Kier alpha value is -1.84. The zero-order chi connectivity index (χ0) is 15.7. The Morgan fingerprint density at radius 1 is 1.23 bits per heavy atom. The second kappa shape index (κ2) is 5.75. The second-order valence-corrected chi connectivity index (χ2v) is 6.92. The summed E-state index contributed by atoms with van der Waals surface area (Å²) in [5.74, 6) is -0.757. The number of aliphatic carboxylic acids is 1. The third-order valence-corrected chi connectivity index (χ3v) is 5.08. The first-order chi connectivity index (χ1) is 10.5. The SMILES string of the molecule is CC1(C(=O)O)CCCN(C(=O)Cc2ccc3c(c2)CCC3)C1. The minimum atomic E-state index is -0.803. The van der Waals surface area contributed by atoms with E-state index in [1.54, 1.807) is 11.8 Å². The fourth-order valence-corrected chi connectivity index (χ4v) is 3.65. The van der Waals surface area contributed by atoms with Crippen molar-refractivity contribution in [1.82, 2.24) is 4.90 Å². The Bertz CT molecular complexity index is 610. The summed E-state index contributed by atoms with van der Waals surface area (Å²) in [5, 5.41) is 9.35. The van der Waals surface area contributed by atoms with Gasteiger partial charge in [0, 0.05) is 13.1 Å². The number of rotatable bonds is 3. The Labute approximate surface area is 131 Å². The van der Waals surface area contributed by atoms with Gasteiger partial charge in [-0.2, -0.15) is 0 Å². The van der Waals surface area contributed by atoms with Crippen molar-refractivity contribution in [1.29, 1.82) is 0 Å². The van der Waals surface area contributed by atoms with Gasteiger partial charge in [-0.3, -0.25) is 9.59 Å². The molecule has 1 aromatic rings. The fourth-order valence-electron chi connectivity index (χ4n) is 3.65. The van der Waals surface area contributed by atoms with Crippen LogP contribution >= 0.6 is 0 Å². The van der Waals surface area contributed by atoms with Crippen molar-refractivity contribution in [3.8, 4) is 0 Å². The number of amides is 1. The van der Waals surface area contributed by atoms with Crippen LogP contribution in [0.25, 0.3) is 0 Å². The Morgan fingerprint density at radius 2 is 2.00 bits per heavy atom. The molecule has 1 aliphatic carbocycles. The maximum Gasteiger partial charge on any atom is 0.311 e. The first-order valence-electron chi connectivity index (χ1n) is 8.10. The summed E-state index contributed by atoms with van der Waals surface area (Å²) in [6.07, 6.45) is 5.24. The maximum atomic E-state index is 12.5. The van der Waals surface area contributed by atoms with Crippen molar-refractivity contribution in [2.24, 2.45) is 5.41 Å². The van der Waals surface area contributed by atoms with Crippen molar-refractivity contribution < 1.29 is 14.7 Å². The van der Waals surface area contributed by atoms with Gasteiger partial charge in [-0.25, -0.2) is 0 Å². The molecule has 4 nitrogen and oxygen atoms in total. The molecule has 1 aliphatic heterocycles. The van der Waals surface area contributed by atoms with Gasteiger partial charge in [-0.15, -0.1) is 0 Å². The minimum absolute atomic E-state index is 0.0464. The summed E-state index contributed by atoms with van der Waals surface area (Å²) in [4.78, 5) is 25.6. The van der Waals surface area contributed by atoms with E-state index in [0.29, 0.717) is 25.9 Å². The molecular formula is C18H23NO3. The quantitative estimate of drug-likeness (QED) is 0.933. The number of likely N-dealkylation sites (tertiary alicyclic amines) is 1. The van der Waals surface area contributed by atoms with Crippen LogP contribution in [0.1, 0.15) is 42.9 Å². The molecule has 0 saturated carbocycles. The average molecular weight is 301 g/mol. The standard InChI is InChI=1S/C18H23NO3/c1-18(17(21)22)8-3-9-19(12-18)16(20)11-13-6-7-14-4-2-5-15(14)10-13/h6-7,10H,2-5,8-9,11-12H2,1H3,(H,21,22). The smallest absolute Gasteiger partial charge is 0.311 e. The van der Waals surface area contributed by atoms with Crippen molar-refractivity contribution in [3.05, 3.63) is 34.9 Å². The van der Waals surface area contributed by atoms with Crippen molar-refractivity contribution >= 4 is 11.9 Å². The van der Waals surface area contributed by atoms with E-state index < -0.39 is 11.4 Å². The number of carbonyl (C=O) groups is 2. The predicted molar refractivity (Wildman–Crippen MR) is 83.7 cm³/mol. The molecule has 1 fully saturated rings. The number of hydrogen-bond acceptors (Lipinski definition) is 2. The molecule has 1 atom stereocenters. The molecule has 1 aromatic carbocycles. The predicted octanol–water partition coefficient (Wildman–Crippen LogP) is 2.43. The molecule has 4 heteroatoms. The highest BCUT2D eigenvalue weighted by molar-refractivity contribution is 5.81. The normalized spacial score (nSPS) is 24.1. The summed E-state index contributed by atoms with van der Waals surface area (Å²) in [7, 11) is 0. The lowest BCUT2D eigenvalue weighted by Gasteiger charge is -2.37. The number of benzene rings is 1. The molecule has 22 heavy (non-hydrogen) atoms. The largest absolute Gasteiger partial charge is 0.481 e. The molecule has 2 aliphatic rings. The minimum Gasteiger partial charge on any atom is -0.481 e. The first kappa shape index (κ1) is 15.1. The molecule has 1 N–H and O–H groups in total. The lowest BCUT2D eigenvalue weighted by Crippen LogP contribution is -2.48. The van der Waals surface area contributed by atoms with Gasteiger partial charge in [0.05, 0.1) is 11.8 Å². The fraction of sp³-hybridized carbons (Fsp3) is 0.556. The van der Waals surface area contributed by atoms with E-state index >= 15 is 0 Å². The molecule has 0 bridgehead atoms. The Kier molecular flexibility index (Phi) is 3.94. The molecule has 1 saturated heterocycles. The molecule has 3 rings (SSSR count). The lowest BCUT2D eigenvalue weighted by atomic mass is 9.82. The summed E-state index contributed by atoms with van der Waals surface area (Å²) in [5.41, 5.74) is 3.03. The van der Waals surface area contributed by atoms with Crippen LogP contribution in [0.15, 0.2) is 18.2 Å². The number of piperidine rings is 1. The average Bonchev–Trinajstić information content (AvgIpc) is 2.94. The highest BCUT2D eigenvalue weighted by Gasteiger charge is 2.39. The number of carboxylic acid groups (broad SMARTS) is 1. The second-order valence-electron chi connectivity index (χ2n) is 6.92. The summed E-state index contributed by atoms with van der Waals surface area (Å²) >= 11 is 0. The zero-order valence-corrected chi connectivity index (χ0v) is 13.1. The van der Waals surface area contributed by atoms with E-state index in [4.69, 9.17) is 0 Å². The van der Waals surface area contributed by atoms with Crippen LogP contribution in [0.4, 0.5) is 0 Å². The number of carbonyl (C=O) groups excluding carboxylic acids is 1. The van der Waals surface area contributed by atoms with E-state index in [9.17, 15) is 14.7 Å². The van der Waals surface area contributed by atoms with Crippen LogP contribution in [-0.4, -0.2) is 35.0 Å². The number of hydrogen-bond donors (Lipinski definition) is 1. The van der Waals surface area contributed by atoms with Gasteiger partial charge in [-0.05, 0) is 55.7 Å². The van der Waals surface area contributed by atoms with E-state index in [-0.39, 0.29) is 5.91 Å². The van der Waals surface area contributed by atoms with E-state index in [1.165, 1.54) is 17.5 Å². The van der Waals surface area contributed by atoms with Crippen molar-refractivity contribution in [2.45, 2.75) is 45.4 Å². The van der Waals surface area contributed by atoms with Gasteiger partial charge in [-0.1, -0.05) is 18.2 Å². The van der Waals surface area contributed by atoms with Gasteiger partial charge in [0.15, 0.2) is 0 Å². The van der Waals surface area contributed by atoms with Crippen molar-refractivity contribution in [3.63, 3.8) is 0 Å². The van der Waals surface area contributed by atoms with Crippen LogP contribution in [-0.2, 0) is 28.9 Å². The Morgan fingerprint density at radius 3 is 2.77 bits per heavy atom. The number of nitrogens with zero attached hydrogens (tertiary/aromatic N) is 1. The zero-order valence-electron chi connectivity index (χ0n) is 13.1. The van der Waals surface area contributed by atoms with Gasteiger partial charge in [0.2, 0.25) is 5.91 Å². The van der Waals surface area contributed by atoms with Crippen LogP contribution in [0.2, 0.25) is 0 Å². The molecule has 0 radical (unpaired) electrons. The molecule has 1 unspecified atom stereocenters. The number of aryl methyl sites for hydroxylation is 2. The lowest BCUT2D eigenvalue weighted by molar-refractivity contribution is -0.153. The molecule has 1 heterocycles. The van der Waals surface area contributed by atoms with Crippen LogP contribution < -0.4 is 0 Å². The van der Waals surface area contributed by atoms with E-state index in [1.807, 2.05) is 6.07 Å². The van der Waals surface area contributed by atoms with Crippen LogP contribution in [0, 0.1) is 5.41 Å². The highest BCUT2D eigenvalue weighted by atomic mass is 16.4. The third kappa shape index (κ3) is 2.87. The monoisotopic (exact) mass is 301 g/mol. The number of carboxylic acids is 1. The highest BCUT2D eigenvalue weighted by Crippen LogP contribution is 2.30. The first-order valence-corrected chi connectivity index (χ1v) is 8.10. The van der Waals surface area contributed by atoms with Gasteiger partial charge >= 0.3 is 5.97 Å². The summed E-state index contributed by atoms with van der Waals surface area (Å²) < 4.78 is 0. The van der Waals surface area contributed by atoms with Crippen molar-refractivity contribution in [2.75, 3.05) is 13.1 Å². The van der Waals surface area contributed by atoms with Crippen LogP contribution in [0.3, 0.4) is 0 Å². The van der Waals surface area contributed by atoms with Gasteiger partial charge in [0.1, 0.15) is 0 Å². The molecule has 0 aromatic heterocycles. The Balaban J connectivity index is 1.68. The molecular weight excluding hydrogens is 278 g/mol. The van der Waals surface area contributed by atoms with E-state index in [0.717, 1.165) is 24.8 Å². The maximum absolute atomic E-state index is 12.5. The van der Waals surface area contributed by atoms with E-state index in [2.05, 4.69) is 12.1 Å². The van der Waals surface area contributed by atoms with Gasteiger partial charge < -0.3 is 10.0 Å². The summed E-state index contributed by atoms with van der Waals surface area (Å²) in [6, 6.07) is 6.34. The summed E-state index contributed by atoms with van der Waals surface area (Å²) in [6.45, 7) is 2.74.